The van der Waals surface area contributed by atoms with Gasteiger partial charge in [-0.25, -0.2) is 4.39 Å². The van der Waals surface area contributed by atoms with Crippen LogP contribution in [0, 0.1) is 11.7 Å². The van der Waals surface area contributed by atoms with Gasteiger partial charge in [-0.15, -0.1) is 24.0 Å². The number of likely N-dealkylation sites (N-methyl/N-ethyl adjacent to an activating group) is 1. The second-order valence-electron chi connectivity index (χ2n) is 7.37. The van der Waals surface area contributed by atoms with Crippen molar-refractivity contribution in [2.45, 2.75) is 38.0 Å². The summed E-state index contributed by atoms with van der Waals surface area (Å²) < 4.78 is 19.9. The van der Waals surface area contributed by atoms with Gasteiger partial charge in [0, 0.05) is 32.2 Å². The highest BCUT2D eigenvalue weighted by Crippen LogP contribution is 2.49. The summed E-state index contributed by atoms with van der Waals surface area (Å²) in [5.74, 6) is 1.56. The van der Waals surface area contributed by atoms with E-state index in [-0.39, 0.29) is 35.2 Å². The number of guanidine groups is 1. The quantitative estimate of drug-likeness (QED) is 0.256. The third-order valence-corrected chi connectivity index (χ3v) is 5.15. The lowest BCUT2D eigenvalue weighted by molar-refractivity contribution is 0.115. The predicted octanol–water partition coefficient (Wildman–Crippen LogP) is 3.80. The van der Waals surface area contributed by atoms with Crippen molar-refractivity contribution in [3.63, 3.8) is 0 Å². The van der Waals surface area contributed by atoms with Crippen LogP contribution in [0.5, 0.6) is 0 Å². The van der Waals surface area contributed by atoms with Crippen molar-refractivity contribution in [1.82, 2.24) is 10.2 Å². The number of nitrogens with one attached hydrogen (secondary N) is 1. The minimum Gasteiger partial charge on any atom is -0.379 e. The Balaban J connectivity index is 0.00000243. The monoisotopic (exact) mass is 475 g/mol. The van der Waals surface area contributed by atoms with Crippen molar-refractivity contribution >= 4 is 29.9 Å². The second-order valence-corrected chi connectivity index (χ2v) is 7.37. The first-order chi connectivity index (χ1) is 12.1. The fourth-order valence-corrected chi connectivity index (χ4v) is 3.09. The maximum atomic E-state index is 14.1. The minimum atomic E-state index is -0.116. The van der Waals surface area contributed by atoms with Gasteiger partial charge in [-0.3, -0.25) is 4.99 Å². The Morgan fingerprint density at radius 1 is 1.35 bits per heavy atom. The topological polar surface area (TPSA) is 36.9 Å². The van der Waals surface area contributed by atoms with E-state index in [1.165, 1.54) is 12.8 Å². The van der Waals surface area contributed by atoms with Crippen molar-refractivity contribution in [1.29, 1.82) is 0 Å². The Bertz CT molecular complexity index is 602. The van der Waals surface area contributed by atoms with E-state index in [9.17, 15) is 4.39 Å². The summed E-state index contributed by atoms with van der Waals surface area (Å²) in [6.45, 7) is 5.93. The summed E-state index contributed by atoms with van der Waals surface area (Å²) in [7, 11) is 2.03. The molecule has 2 aliphatic rings. The zero-order chi connectivity index (χ0) is 17.7. The summed E-state index contributed by atoms with van der Waals surface area (Å²) in [5.41, 5.74) is 0.694. The van der Waals surface area contributed by atoms with Gasteiger partial charge >= 0.3 is 0 Å². The number of nitrogens with zero attached hydrogens (tertiary/aromatic N) is 2. The third-order valence-electron chi connectivity index (χ3n) is 5.15. The highest BCUT2D eigenvalue weighted by atomic mass is 127. The first-order valence-electron chi connectivity index (χ1n) is 9.47. The van der Waals surface area contributed by atoms with Crippen molar-refractivity contribution in [3.05, 3.63) is 35.6 Å². The van der Waals surface area contributed by atoms with Crippen LogP contribution in [0.2, 0.25) is 0 Å². The van der Waals surface area contributed by atoms with Crippen molar-refractivity contribution in [2.24, 2.45) is 10.9 Å². The Morgan fingerprint density at radius 2 is 2.08 bits per heavy atom. The van der Waals surface area contributed by atoms with E-state index in [1.54, 1.807) is 12.1 Å². The number of rotatable bonds is 9. The average molecular weight is 475 g/mol. The van der Waals surface area contributed by atoms with Crippen LogP contribution in [0.1, 0.15) is 38.2 Å². The van der Waals surface area contributed by atoms with E-state index in [1.807, 2.05) is 19.2 Å². The first kappa shape index (κ1) is 21.4. The minimum absolute atomic E-state index is 0. The molecular formula is C20H31FIN3O. The molecule has 0 atom stereocenters. The fourth-order valence-electron chi connectivity index (χ4n) is 3.09. The molecule has 0 spiro atoms. The first-order valence-corrected chi connectivity index (χ1v) is 9.47. The Labute approximate surface area is 173 Å². The Morgan fingerprint density at radius 3 is 2.69 bits per heavy atom. The van der Waals surface area contributed by atoms with E-state index < -0.39 is 0 Å². The SMILES string of the molecule is CCNC(=NCC1(c2ccccc2F)CC1)N(C)CCOCC1CC1.I. The molecule has 0 unspecified atom stereocenters. The van der Waals surface area contributed by atoms with Gasteiger partial charge < -0.3 is 15.0 Å². The van der Waals surface area contributed by atoms with E-state index in [4.69, 9.17) is 9.73 Å². The third kappa shape index (κ3) is 5.81. The van der Waals surface area contributed by atoms with Gasteiger partial charge in [0.25, 0.3) is 0 Å². The molecule has 0 aromatic heterocycles. The van der Waals surface area contributed by atoms with Crippen molar-refractivity contribution in [3.8, 4) is 0 Å². The Kier molecular flexibility index (Phi) is 8.13. The molecular weight excluding hydrogens is 444 g/mol. The second kappa shape index (κ2) is 9.88. The molecule has 0 radical (unpaired) electrons. The average Bonchev–Trinajstić information content (AvgIpc) is 3.51. The molecule has 0 saturated heterocycles. The largest absolute Gasteiger partial charge is 0.379 e. The zero-order valence-electron chi connectivity index (χ0n) is 15.8. The summed E-state index contributed by atoms with van der Waals surface area (Å²) >= 11 is 0. The molecule has 6 heteroatoms. The fraction of sp³-hybridized carbons (Fsp3) is 0.650. The molecule has 146 valence electrons. The predicted molar refractivity (Wildman–Crippen MR) is 115 cm³/mol. The van der Waals surface area contributed by atoms with Crippen molar-refractivity contribution in [2.75, 3.05) is 39.9 Å². The molecule has 0 amide bonds. The number of ether oxygens (including phenoxy) is 1. The lowest BCUT2D eigenvalue weighted by Crippen LogP contribution is -2.41. The normalized spacial score (nSPS) is 18.2. The zero-order valence-corrected chi connectivity index (χ0v) is 18.2. The molecule has 4 nitrogen and oxygen atoms in total. The number of halogens is 2. The van der Waals surface area contributed by atoms with E-state index >= 15 is 0 Å². The highest BCUT2D eigenvalue weighted by Gasteiger charge is 2.45. The van der Waals surface area contributed by atoms with Crippen LogP contribution in [0.4, 0.5) is 4.39 Å². The molecule has 26 heavy (non-hydrogen) atoms. The summed E-state index contributed by atoms with van der Waals surface area (Å²) in [6, 6.07) is 7.11. The number of hydrogen-bond donors (Lipinski definition) is 1. The maximum Gasteiger partial charge on any atom is 0.193 e. The van der Waals surface area contributed by atoms with Gasteiger partial charge in [-0.2, -0.15) is 0 Å². The highest BCUT2D eigenvalue weighted by molar-refractivity contribution is 14.0. The summed E-state index contributed by atoms with van der Waals surface area (Å²) in [5, 5.41) is 3.34. The van der Waals surface area contributed by atoms with Gasteiger partial charge in [0.1, 0.15) is 5.82 Å². The van der Waals surface area contributed by atoms with Gasteiger partial charge in [0.05, 0.1) is 13.2 Å². The molecule has 3 rings (SSSR count). The van der Waals surface area contributed by atoms with Crippen LogP contribution >= 0.6 is 24.0 Å². The van der Waals surface area contributed by atoms with Crippen LogP contribution in [0.25, 0.3) is 0 Å². The van der Waals surface area contributed by atoms with E-state index in [0.29, 0.717) is 6.54 Å². The molecule has 0 aliphatic heterocycles. The van der Waals surface area contributed by atoms with Crippen molar-refractivity contribution < 1.29 is 9.13 Å². The standard InChI is InChI=1S/C20H30FN3O.HI/c1-3-22-19(24(2)12-13-25-14-16-8-9-16)23-15-20(10-11-20)17-6-4-5-7-18(17)21;/h4-7,16H,3,8-15H2,1-2H3,(H,22,23);1H. The van der Waals surface area contributed by atoms with Crippen LogP contribution in [0.15, 0.2) is 29.3 Å². The molecule has 1 N–H and O–H groups in total. The number of hydrogen-bond acceptors (Lipinski definition) is 2. The molecule has 0 bridgehead atoms. The van der Waals surface area contributed by atoms with Crippen LogP contribution in [0.3, 0.4) is 0 Å². The Hall–Kier alpha value is -0.890. The van der Waals surface area contributed by atoms with Gasteiger partial charge in [0.2, 0.25) is 0 Å². The summed E-state index contributed by atoms with van der Waals surface area (Å²) in [6.07, 6.45) is 4.65. The molecule has 1 aromatic rings. The molecule has 2 saturated carbocycles. The number of aliphatic imine (C=N–C) groups is 1. The van der Waals surface area contributed by atoms with Gasteiger partial charge in [-0.1, -0.05) is 18.2 Å². The van der Waals surface area contributed by atoms with Gasteiger partial charge in [-0.05, 0) is 50.2 Å². The lowest BCUT2D eigenvalue weighted by atomic mass is 9.95. The molecule has 2 fully saturated rings. The van der Waals surface area contributed by atoms with E-state index in [2.05, 4.69) is 17.1 Å². The van der Waals surface area contributed by atoms with Crippen LogP contribution < -0.4 is 5.32 Å². The van der Waals surface area contributed by atoms with Crippen LogP contribution in [-0.2, 0) is 10.2 Å². The van der Waals surface area contributed by atoms with Crippen LogP contribution in [-0.4, -0.2) is 50.8 Å². The molecule has 1 aromatic carbocycles. The smallest absolute Gasteiger partial charge is 0.193 e. The van der Waals surface area contributed by atoms with Gasteiger partial charge in [0.15, 0.2) is 5.96 Å². The van der Waals surface area contributed by atoms with E-state index in [0.717, 1.165) is 56.6 Å². The lowest BCUT2D eigenvalue weighted by Gasteiger charge is -2.23. The molecule has 2 aliphatic carbocycles. The molecule has 0 heterocycles. The maximum absolute atomic E-state index is 14.1. The summed E-state index contributed by atoms with van der Waals surface area (Å²) in [4.78, 5) is 6.91. The number of benzene rings is 1.